The van der Waals surface area contributed by atoms with Gasteiger partial charge in [0.25, 0.3) is 5.91 Å². The summed E-state index contributed by atoms with van der Waals surface area (Å²) in [6.45, 7) is -0.552. The fraction of sp³-hybridized carbons (Fsp3) is 0.250. The third-order valence-corrected chi connectivity index (χ3v) is 6.16. The fourth-order valence-electron chi connectivity index (χ4n) is 2.96. The quantitative estimate of drug-likeness (QED) is 0.585. The summed E-state index contributed by atoms with van der Waals surface area (Å²) in [5.74, 6) is -2.59. The first-order chi connectivity index (χ1) is 13.4. The molecule has 1 aliphatic rings. The van der Waals surface area contributed by atoms with Crippen molar-refractivity contribution in [2.75, 3.05) is 23.4 Å². The van der Waals surface area contributed by atoms with Crippen LogP contribution in [0.25, 0.3) is 0 Å². The van der Waals surface area contributed by atoms with Crippen LogP contribution in [0.5, 0.6) is 0 Å². The van der Waals surface area contributed by atoms with E-state index in [2.05, 4.69) is 5.32 Å². The Labute approximate surface area is 162 Å². The van der Waals surface area contributed by atoms with E-state index in [1.165, 1.54) is 0 Å². The molecule has 1 fully saturated rings. The zero-order valence-corrected chi connectivity index (χ0v) is 15.8. The van der Waals surface area contributed by atoms with Gasteiger partial charge in [-0.3, -0.25) is 14.4 Å². The van der Waals surface area contributed by atoms with Gasteiger partial charge in [-0.1, -0.05) is 42.5 Å². The highest BCUT2D eigenvalue weighted by molar-refractivity contribution is 7.91. The largest absolute Gasteiger partial charge is 0.455 e. The molecule has 0 aromatic heterocycles. The first kappa shape index (κ1) is 19.8. The number of anilines is 1. The number of hydrogen-bond acceptors (Lipinski definition) is 6. The molecule has 1 heterocycles. The number of ether oxygens (including phenoxy) is 1. The first-order valence-electron chi connectivity index (χ1n) is 8.71. The van der Waals surface area contributed by atoms with Crippen molar-refractivity contribution in [2.24, 2.45) is 5.92 Å². The van der Waals surface area contributed by atoms with Crippen LogP contribution < -0.4 is 5.32 Å². The predicted octanol–water partition coefficient (Wildman–Crippen LogP) is 1.83. The van der Waals surface area contributed by atoms with Crippen molar-refractivity contribution in [1.29, 1.82) is 0 Å². The number of esters is 1. The van der Waals surface area contributed by atoms with Gasteiger partial charge in [0, 0.05) is 11.1 Å². The van der Waals surface area contributed by atoms with Crippen LogP contribution in [0.15, 0.2) is 54.6 Å². The van der Waals surface area contributed by atoms with E-state index < -0.39 is 34.2 Å². The Kier molecular flexibility index (Phi) is 5.89. The highest BCUT2D eigenvalue weighted by atomic mass is 32.2. The average molecular weight is 401 g/mol. The van der Waals surface area contributed by atoms with Crippen molar-refractivity contribution < 1.29 is 27.5 Å². The van der Waals surface area contributed by atoms with Crippen LogP contribution in [-0.2, 0) is 24.2 Å². The second-order valence-electron chi connectivity index (χ2n) is 6.50. The molecule has 1 atom stereocenters. The highest BCUT2D eigenvalue weighted by Gasteiger charge is 2.34. The minimum absolute atomic E-state index is 0.0477. The van der Waals surface area contributed by atoms with Crippen molar-refractivity contribution >= 4 is 33.2 Å². The van der Waals surface area contributed by atoms with Crippen LogP contribution >= 0.6 is 0 Å². The number of para-hydroxylation sites is 1. The van der Waals surface area contributed by atoms with Crippen molar-refractivity contribution in [3.63, 3.8) is 0 Å². The number of hydrogen-bond donors (Lipinski definition) is 1. The minimum Gasteiger partial charge on any atom is -0.455 e. The normalized spacial score (nSPS) is 17.6. The number of benzene rings is 2. The van der Waals surface area contributed by atoms with Crippen LogP contribution in [0, 0.1) is 5.92 Å². The second kappa shape index (κ2) is 8.35. The number of carbonyl (C=O) groups excluding carboxylic acids is 3. The molecule has 2 aromatic rings. The van der Waals surface area contributed by atoms with Gasteiger partial charge in [0.15, 0.2) is 22.2 Å². The Morgan fingerprint density at radius 1 is 1.00 bits per heavy atom. The monoisotopic (exact) mass is 401 g/mol. The molecular weight excluding hydrogens is 382 g/mol. The van der Waals surface area contributed by atoms with E-state index in [9.17, 15) is 22.8 Å². The van der Waals surface area contributed by atoms with E-state index in [4.69, 9.17) is 4.74 Å². The topological polar surface area (TPSA) is 107 Å². The van der Waals surface area contributed by atoms with E-state index in [0.29, 0.717) is 16.8 Å². The molecule has 1 amide bonds. The van der Waals surface area contributed by atoms with E-state index in [-0.39, 0.29) is 23.7 Å². The third-order valence-electron chi connectivity index (χ3n) is 4.39. The maximum absolute atomic E-state index is 12.7. The van der Waals surface area contributed by atoms with Gasteiger partial charge < -0.3 is 10.1 Å². The molecule has 0 bridgehead atoms. The van der Waals surface area contributed by atoms with Crippen molar-refractivity contribution in [3.05, 3.63) is 65.7 Å². The summed E-state index contributed by atoms with van der Waals surface area (Å²) in [4.78, 5) is 36.7. The minimum atomic E-state index is -3.21. The van der Waals surface area contributed by atoms with Gasteiger partial charge in [0.1, 0.15) is 0 Å². The number of rotatable bonds is 6. The number of amides is 1. The molecule has 0 saturated carbocycles. The van der Waals surface area contributed by atoms with Crippen LogP contribution in [0.2, 0.25) is 0 Å². The van der Waals surface area contributed by atoms with Gasteiger partial charge in [-0.05, 0) is 18.6 Å². The summed E-state index contributed by atoms with van der Waals surface area (Å²) in [5, 5.41) is 2.57. The lowest BCUT2D eigenvalue weighted by Gasteiger charge is -2.12. The molecule has 0 aliphatic carbocycles. The first-order valence-corrected chi connectivity index (χ1v) is 10.5. The SMILES string of the molecule is O=C(COC(=O)C1CCS(=O)(=O)C1)Nc1ccccc1C(=O)c1ccccc1. The number of carbonyl (C=O) groups is 3. The van der Waals surface area contributed by atoms with E-state index in [1.807, 2.05) is 0 Å². The Bertz CT molecular complexity index is 1000. The van der Waals surface area contributed by atoms with Gasteiger partial charge in [-0.2, -0.15) is 0 Å². The van der Waals surface area contributed by atoms with Crippen molar-refractivity contribution in [2.45, 2.75) is 6.42 Å². The molecule has 28 heavy (non-hydrogen) atoms. The maximum atomic E-state index is 12.7. The zero-order valence-electron chi connectivity index (χ0n) is 15.0. The molecule has 1 N–H and O–H groups in total. The fourth-order valence-corrected chi connectivity index (χ4v) is 4.68. The summed E-state index contributed by atoms with van der Waals surface area (Å²) >= 11 is 0. The lowest BCUT2D eigenvalue weighted by Crippen LogP contribution is -2.26. The summed E-state index contributed by atoms with van der Waals surface area (Å²) in [7, 11) is -3.21. The van der Waals surface area contributed by atoms with Gasteiger partial charge in [0.05, 0.1) is 23.1 Å². The standard InChI is InChI=1S/C20H19NO6S/c22-18(12-27-20(24)15-10-11-28(25,26)13-15)21-17-9-5-4-8-16(17)19(23)14-6-2-1-3-7-14/h1-9,15H,10-13H2,(H,21,22). The molecular formula is C20H19NO6S. The highest BCUT2D eigenvalue weighted by Crippen LogP contribution is 2.21. The van der Waals surface area contributed by atoms with E-state index in [1.54, 1.807) is 54.6 Å². The summed E-state index contributed by atoms with van der Waals surface area (Å²) in [6, 6.07) is 15.2. The molecule has 1 unspecified atom stereocenters. The Balaban J connectivity index is 1.62. The Morgan fingerprint density at radius 2 is 1.68 bits per heavy atom. The number of sulfone groups is 1. The Morgan fingerprint density at radius 3 is 2.36 bits per heavy atom. The van der Waals surface area contributed by atoms with Crippen molar-refractivity contribution in [3.8, 4) is 0 Å². The second-order valence-corrected chi connectivity index (χ2v) is 8.73. The molecule has 146 valence electrons. The average Bonchev–Trinajstić information content (AvgIpc) is 3.06. The van der Waals surface area contributed by atoms with Gasteiger partial charge in [-0.15, -0.1) is 0 Å². The van der Waals surface area contributed by atoms with Crippen LogP contribution in [0.1, 0.15) is 22.3 Å². The predicted molar refractivity (Wildman–Crippen MR) is 103 cm³/mol. The third kappa shape index (κ3) is 4.83. The summed E-state index contributed by atoms with van der Waals surface area (Å²) in [5.41, 5.74) is 1.11. The molecule has 1 saturated heterocycles. The molecule has 3 rings (SSSR count). The molecule has 0 radical (unpaired) electrons. The number of ketones is 1. The van der Waals surface area contributed by atoms with Gasteiger partial charge in [0.2, 0.25) is 0 Å². The maximum Gasteiger partial charge on any atom is 0.310 e. The number of nitrogens with one attached hydrogen (secondary N) is 1. The lowest BCUT2D eigenvalue weighted by atomic mass is 10.0. The van der Waals surface area contributed by atoms with Crippen LogP contribution in [0.4, 0.5) is 5.69 Å². The molecule has 2 aromatic carbocycles. The van der Waals surface area contributed by atoms with Crippen LogP contribution in [0.3, 0.4) is 0 Å². The lowest BCUT2D eigenvalue weighted by molar-refractivity contribution is -0.150. The van der Waals surface area contributed by atoms with E-state index in [0.717, 1.165) is 0 Å². The summed E-state index contributed by atoms with van der Waals surface area (Å²) < 4.78 is 27.8. The molecule has 0 spiro atoms. The van der Waals surface area contributed by atoms with Gasteiger partial charge >= 0.3 is 5.97 Å². The molecule has 1 aliphatic heterocycles. The van der Waals surface area contributed by atoms with Crippen molar-refractivity contribution in [1.82, 2.24) is 0 Å². The van der Waals surface area contributed by atoms with Crippen LogP contribution in [-0.4, -0.2) is 44.2 Å². The smallest absolute Gasteiger partial charge is 0.310 e. The van der Waals surface area contributed by atoms with Gasteiger partial charge in [-0.25, -0.2) is 8.42 Å². The Hall–Kier alpha value is -3.00. The zero-order chi connectivity index (χ0) is 20.1. The molecule has 8 heteroatoms. The summed E-state index contributed by atoms with van der Waals surface area (Å²) in [6.07, 6.45) is 0.206. The molecule has 7 nitrogen and oxygen atoms in total. The van der Waals surface area contributed by atoms with E-state index >= 15 is 0 Å².